The lowest BCUT2D eigenvalue weighted by molar-refractivity contribution is 0.0938. The molecule has 0 bridgehead atoms. The summed E-state index contributed by atoms with van der Waals surface area (Å²) in [5.41, 5.74) is 3.60. The molecular weight excluding hydrogens is 430 g/mol. The number of nitrogens with one attached hydrogen (secondary N) is 2. The third-order valence-electron chi connectivity index (χ3n) is 5.99. The maximum atomic E-state index is 12.8. The predicted octanol–water partition coefficient (Wildman–Crippen LogP) is 3.20. The lowest BCUT2D eigenvalue weighted by Gasteiger charge is -2.10. The lowest BCUT2D eigenvalue weighted by Crippen LogP contribution is -2.27. The zero-order valence-corrected chi connectivity index (χ0v) is 19.1. The van der Waals surface area contributed by atoms with Crippen LogP contribution in [0.2, 0.25) is 0 Å². The molecule has 1 heterocycles. The highest BCUT2D eigenvalue weighted by molar-refractivity contribution is 5.95. The first kappa shape index (κ1) is 22.3. The molecule has 0 atom stereocenters. The molecular formula is C26H29N5O3. The molecule has 176 valence electrons. The van der Waals surface area contributed by atoms with Crippen molar-refractivity contribution in [2.45, 2.75) is 57.2 Å². The molecule has 0 spiro atoms. The van der Waals surface area contributed by atoms with E-state index in [9.17, 15) is 9.59 Å². The molecule has 2 aliphatic carbocycles. The van der Waals surface area contributed by atoms with E-state index in [0.717, 1.165) is 49.0 Å². The van der Waals surface area contributed by atoms with Crippen molar-refractivity contribution in [3.05, 3.63) is 77.1 Å². The Hall–Kier alpha value is -3.52. The molecule has 8 heteroatoms. The average Bonchev–Trinajstić information content (AvgIpc) is 3.80. The third kappa shape index (κ3) is 5.69. The summed E-state index contributed by atoms with van der Waals surface area (Å²) < 4.78 is 7.52. The van der Waals surface area contributed by atoms with Gasteiger partial charge in [-0.1, -0.05) is 35.5 Å². The van der Waals surface area contributed by atoms with Crippen LogP contribution >= 0.6 is 0 Å². The summed E-state index contributed by atoms with van der Waals surface area (Å²) in [5, 5.41) is 14.5. The molecule has 0 unspecified atom stereocenters. The van der Waals surface area contributed by atoms with Gasteiger partial charge in [-0.3, -0.25) is 9.59 Å². The monoisotopic (exact) mass is 459 g/mol. The summed E-state index contributed by atoms with van der Waals surface area (Å²) in [5.74, 6) is -0.248. The largest absolute Gasteiger partial charge is 0.377 e. The van der Waals surface area contributed by atoms with Crippen LogP contribution in [0.5, 0.6) is 0 Å². The molecule has 5 rings (SSSR count). The van der Waals surface area contributed by atoms with Crippen LogP contribution in [0.25, 0.3) is 5.69 Å². The van der Waals surface area contributed by atoms with E-state index in [1.807, 2.05) is 42.5 Å². The molecule has 2 N–H and O–H groups in total. The quantitative estimate of drug-likeness (QED) is 0.429. The number of ether oxygens (including phenoxy) is 1. The molecule has 2 aliphatic rings. The average molecular weight is 460 g/mol. The van der Waals surface area contributed by atoms with Crippen molar-refractivity contribution in [1.82, 2.24) is 25.6 Å². The molecule has 34 heavy (non-hydrogen) atoms. The van der Waals surface area contributed by atoms with Crippen LogP contribution in [0.1, 0.15) is 64.2 Å². The van der Waals surface area contributed by atoms with E-state index in [2.05, 4.69) is 20.9 Å². The second kappa shape index (κ2) is 10.2. The van der Waals surface area contributed by atoms with Crippen molar-refractivity contribution >= 4 is 11.8 Å². The van der Waals surface area contributed by atoms with Crippen molar-refractivity contribution in [3.63, 3.8) is 0 Å². The Morgan fingerprint density at radius 1 is 0.912 bits per heavy atom. The fraction of sp³-hybridized carbons (Fsp3) is 0.385. The van der Waals surface area contributed by atoms with E-state index in [-0.39, 0.29) is 17.9 Å². The minimum atomic E-state index is -0.186. The third-order valence-corrected chi connectivity index (χ3v) is 5.99. The number of amides is 2. The van der Waals surface area contributed by atoms with Gasteiger partial charge in [0, 0.05) is 24.3 Å². The van der Waals surface area contributed by atoms with E-state index in [0.29, 0.717) is 36.9 Å². The number of benzene rings is 2. The molecule has 2 saturated carbocycles. The molecule has 0 radical (unpaired) electrons. The Morgan fingerprint density at radius 2 is 1.59 bits per heavy atom. The van der Waals surface area contributed by atoms with Crippen molar-refractivity contribution in [1.29, 1.82) is 0 Å². The Bertz CT molecular complexity index is 1140. The zero-order chi connectivity index (χ0) is 23.3. The van der Waals surface area contributed by atoms with Gasteiger partial charge in [-0.2, -0.15) is 0 Å². The van der Waals surface area contributed by atoms with Crippen LogP contribution < -0.4 is 10.6 Å². The van der Waals surface area contributed by atoms with Crippen LogP contribution in [0.4, 0.5) is 0 Å². The first-order valence-electron chi connectivity index (χ1n) is 12.0. The summed E-state index contributed by atoms with van der Waals surface area (Å²) in [6.07, 6.45) is 5.44. The molecule has 1 aromatic heterocycles. The fourth-order valence-corrected chi connectivity index (χ4v) is 3.75. The molecule has 2 fully saturated rings. The second-order valence-electron chi connectivity index (χ2n) is 8.98. The fourth-order valence-electron chi connectivity index (χ4n) is 3.75. The molecule has 2 amide bonds. The van der Waals surface area contributed by atoms with Gasteiger partial charge < -0.3 is 15.4 Å². The Morgan fingerprint density at radius 3 is 2.26 bits per heavy atom. The maximum absolute atomic E-state index is 12.8. The summed E-state index contributed by atoms with van der Waals surface area (Å²) in [6, 6.07) is 17.8. The van der Waals surface area contributed by atoms with E-state index < -0.39 is 0 Å². The van der Waals surface area contributed by atoms with E-state index in [1.165, 1.54) is 0 Å². The standard InChI is InChI=1S/C26H29N5O3/c32-25(27-20-10-11-20)19-8-14-22(15-9-19)31-23(24(29-30-31)26(33)28-21-12-13-21)7-4-16-34-17-18-5-2-1-3-6-18/h1-3,5-6,8-9,14-15,20-21H,4,7,10-13,16-17H2,(H,27,32)(H,28,33). The first-order valence-corrected chi connectivity index (χ1v) is 12.0. The van der Waals surface area contributed by atoms with Crippen LogP contribution in [0, 0.1) is 0 Å². The van der Waals surface area contributed by atoms with Gasteiger partial charge in [-0.05, 0) is 68.4 Å². The number of nitrogens with zero attached hydrogens (tertiary/aromatic N) is 3. The zero-order valence-electron chi connectivity index (χ0n) is 19.1. The summed E-state index contributed by atoms with van der Waals surface area (Å²) in [6.45, 7) is 1.11. The van der Waals surface area contributed by atoms with Crippen molar-refractivity contribution in [3.8, 4) is 5.69 Å². The number of carbonyl (C=O) groups is 2. The molecule has 0 aliphatic heterocycles. The SMILES string of the molecule is O=C(NC1CC1)c1ccc(-n2nnc(C(=O)NC3CC3)c2CCCOCc2ccccc2)cc1. The van der Waals surface area contributed by atoms with E-state index in [4.69, 9.17) is 4.74 Å². The molecule has 2 aromatic carbocycles. The summed E-state index contributed by atoms with van der Waals surface area (Å²) >= 11 is 0. The minimum absolute atomic E-state index is 0.0621. The molecule has 3 aromatic rings. The normalized spacial score (nSPS) is 15.2. The van der Waals surface area contributed by atoms with Crippen molar-refractivity contribution in [2.24, 2.45) is 0 Å². The van der Waals surface area contributed by atoms with Gasteiger partial charge >= 0.3 is 0 Å². The maximum Gasteiger partial charge on any atom is 0.273 e. The topological polar surface area (TPSA) is 98.1 Å². The summed E-state index contributed by atoms with van der Waals surface area (Å²) in [7, 11) is 0. The van der Waals surface area contributed by atoms with Crippen LogP contribution in [-0.4, -0.2) is 45.5 Å². The van der Waals surface area contributed by atoms with Gasteiger partial charge in [-0.25, -0.2) is 4.68 Å². The highest BCUT2D eigenvalue weighted by atomic mass is 16.5. The summed E-state index contributed by atoms with van der Waals surface area (Å²) in [4.78, 5) is 25.1. The highest BCUT2D eigenvalue weighted by Crippen LogP contribution is 2.22. The number of aromatic nitrogens is 3. The highest BCUT2D eigenvalue weighted by Gasteiger charge is 2.28. The number of rotatable bonds is 11. The van der Waals surface area contributed by atoms with Crippen molar-refractivity contribution < 1.29 is 14.3 Å². The molecule has 8 nitrogen and oxygen atoms in total. The van der Waals surface area contributed by atoms with Crippen molar-refractivity contribution in [2.75, 3.05) is 6.61 Å². The molecule has 0 saturated heterocycles. The van der Waals surface area contributed by atoms with E-state index >= 15 is 0 Å². The van der Waals surface area contributed by atoms with Crippen LogP contribution in [0.3, 0.4) is 0 Å². The Kier molecular flexibility index (Phi) is 6.67. The number of hydrogen-bond acceptors (Lipinski definition) is 5. The van der Waals surface area contributed by atoms with Gasteiger partial charge in [0.1, 0.15) is 0 Å². The van der Waals surface area contributed by atoms with Gasteiger partial charge in [-0.15, -0.1) is 5.10 Å². The van der Waals surface area contributed by atoms with Gasteiger partial charge in [0.2, 0.25) is 0 Å². The van der Waals surface area contributed by atoms with E-state index in [1.54, 1.807) is 16.8 Å². The van der Waals surface area contributed by atoms with Gasteiger partial charge in [0.15, 0.2) is 5.69 Å². The van der Waals surface area contributed by atoms with Gasteiger partial charge in [0.25, 0.3) is 11.8 Å². The van der Waals surface area contributed by atoms with Crippen LogP contribution in [-0.2, 0) is 17.8 Å². The number of carbonyl (C=O) groups excluding carboxylic acids is 2. The second-order valence-corrected chi connectivity index (χ2v) is 8.98. The first-order chi connectivity index (χ1) is 16.7. The Balaban J connectivity index is 1.27. The van der Waals surface area contributed by atoms with Gasteiger partial charge in [0.05, 0.1) is 18.0 Å². The lowest BCUT2D eigenvalue weighted by atomic mass is 10.1. The smallest absolute Gasteiger partial charge is 0.273 e. The number of hydrogen-bond donors (Lipinski definition) is 2. The minimum Gasteiger partial charge on any atom is -0.377 e. The predicted molar refractivity (Wildman–Crippen MR) is 127 cm³/mol. The Labute approximate surface area is 198 Å². The van der Waals surface area contributed by atoms with Crippen LogP contribution in [0.15, 0.2) is 54.6 Å².